The molecule has 3 aromatic rings. The SMILES string of the molecule is C=CCn1c(SCC(=O)Nc2ccc(F)cc2)nnc1C(C)Oc1ccccc1C. The molecule has 1 heterocycles. The Morgan fingerprint density at radius 3 is 2.70 bits per heavy atom. The first-order valence-electron chi connectivity index (χ1n) is 9.42. The fraction of sp³-hybridized carbons (Fsp3) is 0.227. The molecule has 2 aromatic carbocycles. The number of halogens is 1. The number of anilines is 1. The number of hydrogen-bond acceptors (Lipinski definition) is 5. The number of aromatic nitrogens is 3. The van der Waals surface area contributed by atoms with Gasteiger partial charge in [0.1, 0.15) is 11.6 Å². The first kappa shape index (κ1) is 21.6. The lowest BCUT2D eigenvalue weighted by Crippen LogP contribution is -2.15. The molecular formula is C22H23FN4O2S. The van der Waals surface area contributed by atoms with E-state index in [0.717, 1.165) is 11.3 Å². The number of thioether (sulfide) groups is 1. The van der Waals surface area contributed by atoms with Gasteiger partial charge in [0.2, 0.25) is 5.91 Å². The summed E-state index contributed by atoms with van der Waals surface area (Å²) in [5.41, 5.74) is 1.57. The van der Waals surface area contributed by atoms with Crippen LogP contribution in [0.2, 0.25) is 0 Å². The molecular weight excluding hydrogens is 403 g/mol. The van der Waals surface area contributed by atoms with Crippen molar-refractivity contribution in [1.82, 2.24) is 14.8 Å². The smallest absolute Gasteiger partial charge is 0.234 e. The average Bonchev–Trinajstić information content (AvgIpc) is 3.13. The maximum atomic E-state index is 13.0. The minimum atomic E-state index is -0.352. The number of amides is 1. The third-order valence-electron chi connectivity index (χ3n) is 4.28. The van der Waals surface area contributed by atoms with E-state index in [1.165, 1.54) is 36.0 Å². The number of para-hydroxylation sites is 1. The number of ether oxygens (including phenoxy) is 1. The van der Waals surface area contributed by atoms with Gasteiger partial charge >= 0.3 is 0 Å². The van der Waals surface area contributed by atoms with Gasteiger partial charge in [-0.15, -0.1) is 16.8 Å². The van der Waals surface area contributed by atoms with Gasteiger partial charge in [-0.3, -0.25) is 9.36 Å². The van der Waals surface area contributed by atoms with Gasteiger partial charge in [0.05, 0.1) is 5.75 Å². The number of aryl methyl sites for hydroxylation is 1. The third-order valence-corrected chi connectivity index (χ3v) is 5.25. The van der Waals surface area contributed by atoms with Gasteiger partial charge in [-0.25, -0.2) is 4.39 Å². The van der Waals surface area contributed by atoms with Crippen molar-refractivity contribution in [3.63, 3.8) is 0 Å². The molecule has 0 saturated heterocycles. The van der Waals surface area contributed by atoms with Gasteiger partial charge in [0.15, 0.2) is 17.1 Å². The number of nitrogens with one attached hydrogen (secondary N) is 1. The minimum absolute atomic E-state index is 0.139. The Labute approximate surface area is 179 Å². The Balaban J connectivity index is 1.67. The molecule has 3 rings (SSSR count). The van der Waals surface area contributed by atoms with Crippen LogP contribution < -0.4 is 10.1 Å². The van der Waals surface area contributed by atoms with Crippen LogP contribution in [0.3, 0.4) is 0 Å². The minimum Gasteiger partial charge on any atom is -0.482 e. The van der Waals surface area contributed by atoms with Crippen LogP contribution in [0.25, 0.3) is 0 Å². The molecule has 6 nitrogen and oxygen atoms in total. The molecule has 1 atom stereocenters. The summed E-state index contributed by atoms with van der Waals surface area (Å²) in [5, 5.41) is 11.8. The Morgan fingerprint density at radius 1 is 1.27 bits per heavy atom. The van der Waals surface area contributed by atoms with Gasteiger partial charge in [0, 0.05) is 12.2 Å². The number of carbonyl (C=O) groups excluding carboxylic acids is 1. The van der Waals surface area contributed by atoms with Crippen LogP contribution >= 0.6 is 11.8 Å². The molecule has 1 N–H and O–H groups in total. The molecule has 1 unspecified atom stereocenters. The van der Waals surface area contributed by atoms with E-state index in [0.29, 0.717) is 23.2 Å². The summed E-state index contributed by atoms with van der Waals surface area (Å²) in [6.45, 7) is 8.18. The van der Waals surface area contributed by atoms with Crippen LogP contribution in [0.5, 0.6) is 5.75 Å². The van der Waals surface area contributed by atoms with Crippen molar-refractivity contribution in [3.05, 3.63) is 78.4 Å². The summed E-state index contributed by atoms with van der Waals surface area (Å²) in [6.07, 6.45) is 1.41. The summed E-state index contributed by atoms with van der Waals surface area (Å²) in [6, 6.07) is 13.4. The van der Waals surface area contributed by atoms with E-state index in [1.807, 2.05) is 42.7 Å². The lowest BCUT2D eigenvalue weighted by Gasteiger charge is -2.17. The fourth-order valence-electron chi connectivity index (χ4n) is 2.80. The predicted molar refractivity (Wildman–Crippen MR) is 116 cm³/mol. The maximum absolute atomic E-state index is 13.0. The Bertz CT molecular complexity index is 1020. The summed E-state index contributed by atoms with van der Waals surface area (Å²) in [4.78, 5) is 12.2. The number of nitrogens with zero attached hydrogens (tertiary/aromatic N) is 3. The van der Waals surface area contributed by atoms with Crippen molar-refractivity contribution < 1.29 is 13.9 Å². The van der Waals surface area contributed by atoms with E-state index >= 15 is 0 Å². The molecule has 8 heteroatoms. The number of allylic oxidation sites excluding steroid dienone is 1. The normalized spacial score (nSPS) is 11.7. The zero-order valence-corrected chi connectivity index (χ0v) is 17.7. The zero-order valence-electron chi connectivity index (χ0n) is 16.8. The summed E-state index contributed by atoms with van der Waals surface area (Å²) in [5.74, 6) is 1.00. The second-order valence-corrected chi connectivity index (χ2v) is 7.55. The molecule has 156 valence electrons. The first-order chi connectivity index (χ1) is 14.5. The zero-order chi connectivity index (χ0) is 21.5. The van der Waals surface area contributed by atoms with E-state index in [9.17, 15) is 9.18 Å². The van der Waals surface area contributed by atoms with Crippen molar-refractivity contribution in [2.75, 3.05) is 11.1 Å². The number of hydrogen-bond donors (Lipinski definition) is 1. The molecule has 1 aromatic heterocycles. The largest absolute Gasteiger partial charge is 0.482 e. The van der Waals surface area contributed by atoms with Gasteiger partial charge in [-0.2, -0.15) is 0 Å². The summed E-state index contributed by atoms with van der Waals surface area (Å²) < 4.78 is 20.9. The second kappa shape index (κ2) is 10.1. The Kier molecular flexibility index (Phi) is 7.24. The molecule has 0 spiro atoms. The van der Waals surface area contributed by atoms with E-state index in [1.54, 1.807) is 6.08 Å². The Hall–Kier alpha value is -3.13. The average molecular weight is 427 g/mol. The molecule has 0 bridgehead atoms. The van der Waals surface area contributed by atoms with Crippen LogP contribution in [0, 0.1) is 12.7 Å². The van der Waals surface area contributed by atoms with Crippen molar-refractivity contribution in [2.45, 2.75) is 31.7 Å². The van der Waals surface area contributed by atoms with Crippen LogP contribution in [-0.2, 0) is 11.3 Å². The van der Waals surface area contributed by atoms with E-state index < -0.39 is 0 Å². The third kappa shape index (κ3) is 5.48. The monoisotopic (exact) mass is 426 g/mol. The van der Waals surface area contributed by atoms with Gasteiger partial charge in [-0.1, -0.05) is 36.0 Å². The fourth-order valence-corrected chi connectivity index (χ4v) is 3.56. The lowest BCUT2D eigenvalue weighted by atomic mass is 10.2. The number of rotatable bonds is 9. The van der Waals surface area contributed by atoms with Gasteiger partial charge < -0.3 is 10.1 Å². The highest BCUT2D eigenvalue weighted by Crippen LogP contribution is 2.26. The van der Waals surface area contributed by atoms with Gasteiger partial charge in [-0.05, 0) is 49.7 Å². The number of benzene rings is 2. The van der Waals surface area contributed by atoms with Crippen molar-refractivity contribution in [3.8, 4) is 5.75 Å². The molecule has 0 saturated carbocycles. The van der Waals surface area contributed by atoms with E-state index in [2.05, 4.69) is 22.1 Å². The highest BCUT2D eigenvalue weighted by Gasteiger charge is 2.20. The maximum Gasteiger partial charge on any atom is 0.234 e. The molecule has 0 aliphatic rings. The molecule has 0 aliphatic heterocycles. The van der Waals surface area contributed by atoms with Crippen molar-refractivity contribution in [2.24, 2.45) is 0 Å². The lowest BCUT2D eigenvalue weighted by molar-refractivity contribution is -0.113. The highest BCUT2D eigenvalue weighted by molar-refractivity contribution is 7.99. The van der Waals surface area contributed by atoms with Crippen LogP contribution in [0.1, 0.15) is 24.4 Å². The summed E-state index contributed by atoms with van der Waals surface area (Å²) in [7, 11) is 0. The van der Waals surface area contributed by atoms with E-state index in [-0.39, 0.29) is 23.6 Å². The first-order valence-corrected chi connectivity index (χ1v) is 10.4. The highest BCUT2D eigenvalue weighted by atomic mass is 32.2. The molecule has 30 heavy (non-hydrogen) atoms. The van der Waals surface area contributed by atoms with Crippen LogP contribution in [0.15, 0.2) is 66.3 Å². The predicted octanol–water partition coefficient (Wildman–Crippen LogP) is 4.78. The molecule has 0 aliphatic carbocycles. The quantitative estimate of drug-likeness (QED) is 0.394. The molecule has 1 amide bonds. The number of carbonyl (C=O) groups is 1. The van der Waals surface area contributed by atoms with Crippen LogP contribution in [-0.4, -0.2) is 26.4 Å². The van der Waals surface area contributed by atoms with Crippen molar-refractivity contribution >= 4 is 23.4 Å². The molecule has 0 fully saturated rings. The topological polar surface area (TPSA) is 69.0 Å². The van der Waals surface area contributed by atoms with Gasteiger partial charge in [0.25, 0.3) is 0 Å². The molecule has 0 radical (unpaired) electrons. The van der Waals surface area contributed by atoms with Crippen LogP contribution in [0.4, 0.5) is 10.1 Å². The second-order valence-electron chi connectivity index (χ2n) is 6.61. The van der Waals surface area contributed by atoms with Crippen molar-refractivity contribution in [1.29, 1.82) is 0 Å². The summed E-state index contributed by atoms with van der Waals surface area (Å²) >= 11 is 1.27. The van der Waals surface area contributed by atoms with E-state index in [4.69, 9.17) is 4.74 Å². The Morgan fingerprint density at radius 2 is 2.00 bits per heavy atom. The standard InChI is InChI=1S/C22H23FN4O2S/c1-4-13-27-21(16(3)29-19-8-6-5-7-15(19)2)25-26-22(27)30-14-20(28)24-18-11-9-17(23)10-12-18/h4-12,16H,1,13-14H2,2-3H3,(H,24,28).